The summed E-state index contributed by atoms with van der Waals surface area (Å²) in [5.74, 6) is -0.524. The monoisotopic (exact) mass is 686 g/mol. The van der Waals surface area contributed by atoms with Gasteiger partial charge in [-0.15, -0.1) is 11.3 Å². The van der Waals surface area contributed by atoms with Gasteiger partial charge in [-0.2, -0.15) is 16.8 Å². The highest BCUT2D eigenvalue weighted by Gasteiger charge is 2.15. The topological polar surface area (TPSA) is 143 Å². The lowest BCUT2D eigenvalue weighted by atomic mass is 10.1. The van der Waals surface area contributed by atoms with Crippen LogP contribution in [0, 0.1) is 25.5 Å². The molecule has 3 N–H and O–H groups in total. The number of aromatic nitrogens is 1. The van der Waals surface area contributed by atoms with Gasteiger partial charge in [-0.05, 0) is 62.7 Å². The normalized spacial score (nSPS) is 13.1. The number of hydrogen-bond donors (Lipinski definition) is 3. The van der Waals surface area contributed by atoms with Crippen LogP contribution in [0.4, 0.5) is 8.78 Å². The lowest BCUT2D eigenvalue weighted by molar-refractivity contribution is 0.291. The van der Waals surface area contributed by atoms with Crippen LogP contribution in [0.1, 0.15) is 28.1 Å². The van der Waals surface area contributed by atoms with Crippen molar-refractivity contribution in [3.05, 3.63) is 110 Å². The van der Waals surface area contributed by atoms with Gasteiger partial charge < -0.3 is 10.1 Å². The predicted octanol–water partition coefficient (Wildman–Crippen LogP) is 6.51. The van der Waals surface area contributed by atoms with Crippen molar-refractivity contribution >= 4 is 48.7 Å². The number of ether oxygens (including phenoxy) is 1. The van der Waals surface area contributed by atoms with Gasteiger partial charge in [0.2, 0.25) is 5.88 Å². The lowest BCUT2D eigenvalue weighted by Crippen LogP contribution is -2.20. The van der Waals surface area contributed by atoms with Crippen molar-refractivity contribution in [2.24, 2.45) is 0 Å². The molecule has 9 nitrogen and oxygen atoms in total. The molecule has 0 aliphatic carbocycles. The van der Waals surface area contributed by atoms with Gasteiger partial charge in [-0.1, -0.05) is 53.1 Å². The van der Waals surface area contributed by atoms with Crippen LogP contribution in [0.3, 0.4) is 0 Å². The summed E-state index contributed by atoms with van der Waals surface area (Å²) in [6.07, 6.45) is 2.62. The van der Waals surface area contributed by atoms with E-state index in [2.05, 4.69) is 10.3 Å². The Kier molecular flexibility index (Phi) is 12.5. The molecule has 0 amide bonds. The van der Waals surface area contributed by atoms with E-state index in [0.717, 1.165) is 34.6 Å². The average molecular weight is 687 g/mol. The standard InChI is InChI=1S/C15H13ClF2N2OS.2C7H8O3S/c16-13-7-11(18)12(22-13)8-21-14-2-1-10(17)15(20-14)9-3-5-19-6-4-9;2*1-6-2-4-7(5-3-6)11(8,9)10/h1-3,7,19H,4-6,8H2;2*2-5H,1H3,(H,8,9,10). The molecule has 5 rings (SSSR count). The first-order chi connectivity index (χ1) is 20.6. The molecule has 4 aromatic rings. The third-order valence-corrected chi connectivity index (χ3v) is 8.85. The number of nitrogens with one attached hydrogen (secondary N) is 1. The number of hydrogen-bond acceptors (Lipinski definition) is 8. The molecule has 0 fully saturated rings. The molecule has 15 heteroatoms. The molecule has 1 aliphatic heterocycles. The van der Waals surface area contributed by atoms with Gasteiger partial charge in [0.1, 0.15) is 23.9 Å². The van der Waals surface area contributed by atoms with Crippen LogP contribution < -0.4 is 10.1 Å². The SMILES string of the molecule is Cc1ccc(S(=O)(=O)O)cc1.Cc1ccc(S(=O)(=O)O)cc1.Fc1ccc(OCc2sc(Cl)cc2F)nc1C1=CCNCC1. The van der Waals surface area contributed by atoms with Crippen LogP contribution in [0.5, 0.6) is 5.88 Å². The first-order valence-corrected chi connectivity index (χ1v) is 16.9. The number of pyridine rings is 1. The molecule has 0 radical (unpaired) electrons. The van der Waals surface area contributed by atoms with Crippen LogP contribution in [0.15, 0.2) is 82.6 Å². The molecule has 0 saturated heterocycles. The molecule has 44 heavy (non-hydrogen) atoms. The Morgan fingerprint density at radius 3 is 1.86 bits per heavy atom. The van der Waals surface area contributed by atoms with Gasteiger partial charge >= 0.3 is 0 Å². The molecule has 0 bridgehead atoms. The first-order valence-electron chi connectivity index (χ1n) is 12.8. The van der Waals surface area contributed by atoms with Crippen molar-refractivity contribution in [3.8, 4) is 5.88 Å². The summed E-state index contributed by atoms with van der Waals surface area (Å²) >= 11 is 6.85. The van der Waals surface area contributed by atoms with E-state index in [0.29, 0.717) is 27.9 Å². The lowest BCUT2D eigenvalue weighted by Gasteiger charge is -2.15. The predicted molar refractivity (Wildman–Crippen MR) is 165 cm³/mol. The van der Waals surface area contributed by atoms with Gasteiger partial charge in [0.25, 0.3) is 20.2 Å². The van der Waals surface area contributed by atoms with Crippen LogP contribution in [-0.4, -0.2) is 44.0 Å². The Labute approximate surface area is 263 Å². The maximum Gasteiger partial charge on any atom is 0.294 e. The summed E-state index contributed by atoms with van der Waals surface area (Å²) in [4.78, 5) is 4.46. The van der Waals surface area contributed by atoms with Crippen molar-refractivity contribution in [1.82, 2.24) is 10.3 Å². The molecule has 0 saturated carbocycles. The van der Waals surface area contributed by atoms with Crippen LogP contribution in [0.2, 0.25) is 4.34 Å². The third-order valence-electron chi connectivity index (χ3n) is 5.90. The number of benzene rings is 2. The minimum absolute atomic E-state index is 0.0158. The van der Waals surface area contributed by atoms with E-state index < -0.39 is 26.1 Å². The Hall–Kier alpha value is -3.24. The van der Waals surface area contributed by atoms with E-state index >= 15 is 0 Å². The molecular weight excluding hydrogens is 658 g/mol. The number of rotatable bonds is 6. The van der Waals surface area contributed by atoms with E-state index in [1.807, 2.05) is 19.9 Å². The van der Waals surface area contributed by atoms with Gasteiger partial charge in [-0.3, -0.25) is 9.11 Å². The average Bonchev–Trinajstić information content (AvgIpc) is 3.29. The highest BCUT2D eigenvalue weighted by atomic mass is 35.5. The molecule has 0 spiro atoms. The second kappa shape index (κ2) is 15.7. The largest absolute Gasteiger partial charge is 0.472 e. The number of aryl methyl sites for hydroxylation is 2. The van der Waals surface area contributed by atoms with Crippen LogP contribution in [0.25, 0.3) is 5.57 Å². The zero-order valence-corrected chi connectivity index (χ0v) is 26.7. The number of nitrogens with zero attached hydrogens (tertiary/aromatic N) is 1. The third kappa shape index (κ3) is 11.0. The van der Waals surface area contributed by atoms with Crippen molar-refractivity contribution in [1.29, 1.82) is 0 Å². The summed E-state index contributed by atoms with van der Waals surface area (Å²) in [6, 6.07) is 16.0. The smallest absolute Gasteiger partial charge is 0.294 e. The molecular formula is C29H29ClF2N2O7S3. The summed E-state index contributed by atoms with van der Waals surface area (Å²) in [5, 5.41) is 3.16. The van der Waals surface area contributed by atoms with Crippen molar-refractivity contribution < 1.29 is 39.5 Å². The van der Waals surface area contributed by atoms with Crippen molar-refractivity contribution in [3.63, 3.8) is 0 Å². The van der Waals surface area contributed by atoms with E-state index in [1.165, 1.54) is 42.5 Å². The minimum atomic E-state index is -4.02. The molecule has 2 aromatic carbocycles. The van der Waals surface area contributed by atoms with Gasteiger partial charge in [0.05, 0.1) is 19.0 Å². The summed E-state index contributed by atoms with van der Waals surface area (Å²) in [7, 11) is -8.04. The molecule has 3 heterocycles. The Bertz CT molecular complexity index is 1740. The van der Waals surface area contributed by atoms with Crippen molar-refractivity contribution in [2.75, 3.05) is 13.1 Å². The minimum Gasteiger partial charge on any atom is -0.472 e. The second-order valence-corrected chi connectivity index (χ2v) is 14.0. The van der Waals surface area contributed by atoms with Gasteiger partial charge in [0.15, 0.2) is 0 Å². The van der Waals surface area contributed by atoms with E-state index in [9.17, 15) is 25.6 Å². The summed E-state index contributed by atoms with van der Waals surface area (Å²) in [6.45, 7) is 5.18. The maximum absolute atomic E-state index is 13.9. The number of halogens is 3. The fraction of sp³-hybridized carbons (Fsp3) is 0.207. The Morgan fingerprint density at radius 2 is 1.43 bits per heavy atom. The van der Waals surface area contributed by atoms with Crippen molar-refractivity contribution in [2.45, 2.75) is 36.7 Å². The highest BCUT2D eigenvalue weighted by Crippen LogP contribution is 2.28. The van der Waals surface area contributed by atoms with Gasteiger partial charge in [-0.25, -0.2) is 13.8 Å². The van der Waals surface area contributed by atoms with Gasteiger partial charge in [0, 0.05) is 18.7 Å². The molecule has 0 atom stereocenters. The summed E-state index contributed by atoms with van der Waals surface area (Å²) in [5.41, 5.74) is 3.06. The molecule has 1 aliphatic rings. The fourth-order valence-corrected chi connectivity index (χ4v) is 5.61. The molecule has 0 unspecified atom stereocenters. The highest BCUT2D eigenvalue weighted by molar-refractivity contribution is 7.86. The van der Waals surface area contributed by atoms with E-state index in [-0.39, 0.29) is 28.1 Å². The molecule has 236 valence electrons. The maximum atomic E-state index is 13.9. The fourth-order valence-electron chi connectivity index (χ4n) is 3.60. The summed E-state index contributed by atoms with van der Waals surface area (Å²) < 4.78 is 92.4. The first kappa shape index (κ1) is 35.2. The van der Waals surface area contributed by atoms with Crippen LogP contribution in [-0.2, 0) is 26.8 Å². The quantitative estimate of drug-likeness (QED) is 0.193. The zero-order chi connectivity index (χ0) is 32.5. The second-order valence-electron chi connectivity index (χ2n) is 9.35. The zero-order valence-electron chi connectivity index (χ0n) is 23.5. The van der Waals surface area contributed by atoms with Crippen LogP contribution >= 0.6 is 22.9 Å². The van der Waals surface area contributed by atoms with E-state index in [4.69, 9.17) is 25.4 Å². The number of thiophene rings is 1. The van der Waals surface area contributed by atoms with E-state index in [1.54, 1.807) is 24.3 Å². The Balaban J connectivity index is 0.000000202. The molecule has 2 aromatic heterocycles. The Morgan fingerprint density at radius 1 is 0.886 bits per heavy atom.